The first-order chi connectivity index (χ1) is 15.9. The van der Waals surface area contributed by atoms with E-state index in [0.717, 1.165) is 17.7 Å². The number of hydrogen-bond donors (Lipinski definition) is 4. The Morgan fingerprint density at radius 3 is 1.82 bits per heavy atom. The molecule has 0 spiro atoms. The van der Waals surface area contributed by atoms with Gasteiger partial charge < -0.3 is 21.3 Å². The third-order valence-electron chi connectivity index (χ3n) is 4.81. The molecule has 0 saturated heterocycles. The number of amides is 3. The molecule has 0 aliphatic heterocycles. The normalized spacial score (nSPS) is 10.2. The van der Waals surface area contributed by atoms with Crippen molar-refractivity contribution in [1.29, 1.82) is 0 Å². The zero-order chi connectivity index (χ0) is 23.6. The zero-order valence-electron chi connectivity index (χ0n) is 18.8. The van der Waals surface area contributed by atoms with Crippen LogP contribution in [0.25, 0.3) is 0 Å². The smallest absolute Gasteiger partial charge is 0.255 e. The van der Waals surface area contributed by atoms with E-state index in [0.29, 0.717) is 29.0 Å². The van der Waals surface area contributed by atoms with Crippen molar-refractivity contribution in [3.63, 3.8) is 0 Å². The van der Waals surface area contributed by atoms with Crippen LogP contribution in [0.15, 0.2) is 72.8 Å². The number of carbonyl (C=O) groups is 3. The molecule has 3 amide bonds. The molecule has 0 aromatic heterocycles. The Kier molecular flexibility index (Phi) is 8.18. The van der Waals surface area contributed by atoms with Gasteiger partial charge in [0.05, 0.1) is 6.54 Å². The highest BCUT2D eigenvalue weighted by atomic mass is 16.2. The Morgan fingerprint density at radius 2 is 1.24 bits per heavy atom. The summed E-state index contributed by atoms with van der Waals surface area (Å²) >= 11 is 0. The van der Waals surface area contributed by atoms with Crippen LogP contribution in [-0.4, -0.2) is 24.3 Å². The Morgan fingerprint density at radius 1 is 0.697 bits per heavy atom. The van der Waals surface area contributed by atoms with E-state index >= 15 is 0 Å². The summed E-state index contributed by atoms with van der Waals surface area (Å²) in [7, 11) is 0. The van der Waals surface area contributed by atoms with Crippen molar-refractivity contribution < 1.29 is 14.4 Å². The van der Waals surface area contributed by atoms with Crippen molar-refractivity contribution in [2.75, 3.05) is 27.8 Å². The lowest BCUT2D eigenvalue weighted by Gasteiger charge is -2.10. The molecular weight excluding hydrogens is 416 g/mol. The maximum atomic E-state index is 12.3. The number of benzene rings is 3. The summed E-state index contributed by atoms with van der Waals surface area (Å²) in [5, 5.41) is 11.5. The van der Waals surface area contributed by atoms with Crippen LogP contribution in [-0.2, 0) is 9.59 Å². The number of rotatable bonds is 9. The summed E-state index contributed by atoms with van der Waals surface area (Å²) < 4.78 is 0. The number of carbonyl (C=O) groups excluding carboxylic acids is 3. The van der Waals surface area contributed by atoms with E-state index in [1.54, 1.807) is 54.6 Å². The lowest BCUT2D eigenvalue weighted by molar-refractivity contribution is -0.116. The van der Waals surface area contributed by atoms with Crippen LogP contribution in [0.1, 0.15) is 35.7 Å². The van der Waals surface area contributed by atoms with Crippen LogP contribution >= 0.6 is 0 Å². The fourth-order valence-electron chi connectivity index (χ4n) is 3.14. The van der Waals surface area contributed by atoms with Gasteiger partial charge in [-0.15, -0.1) is 0 Å². The monoisotopic (exact) mass is 444 g/mol. The van der Waals surface area contributed by atoms with E-state index in [1.165, 1.54) is 0 Å². The van der Waals surface area contributed by atoms with Crippen LogP contribution in [0.2, 0.25) is 0 Å². The lowest BCUT2D eigenvalue weighted by Crippen LogP contribution is -2.21. The summed E-state index contributed by atoms with van der Waals surface area (Å²) in [5.74, 6) is -0.399. The Labute approximate surface area is 193 Å². The first-order valence-corrected chi connectivity index (χ1v) is 10.8. The molecule has 7 nitrogen and oxygen atoms in total. The summed E-state index contributed by atoms with van der Waals surface area (Å²) in [6.07, 6.45) is 1.27. The zero-order valence-corrected chi connectivity index (χ0v) is 18.8. The summed E-state index contributed by atoms with van der Waals surface area (Å²) in [6.45, 7) is 3.98. The number of anilines is 4. The largest absolute Gasteiger partial charge is 0.376 e. The quantitative estimate of drug-likeness (QED) is 0.372. The van der Waals surface area contributed by atoms with Crippen LogP contribution in [0.5, 0.6) is 0 Å². The van der Waals surface area contributed by atoms with E-state index in [4.69, 9.17) is 0 Å². The molecule has 0 unspecified atom stereocenters. The first kappa shape index (κ1) is 23.5. The number of hydrogen-bond acceptors (Lipinski definition) is 4. The van der Waals surface area contributed by atoms with Gasteiger partial charge in [0.2, 0.25) is 11.8 Å². The molecule has 0 bridgehead atoms. The van der Waals surface area contributed by atoms with E-state index in [1.807, 2.05) is 32.0 Å². The molecule has 33 heavy (non-hydrogen) atoms. The summed E-state index contributed by atoms with van der Waals surface area (Å²) in [6, 6.07) is 21.5. The minimum absolute atomic E-state index is 0.0285. The second kappa shape index (κ2) is 11.5. The molecule has 170 valence electrons. The molecule has 0 radical (unpaired) electrons. The maximum absolute atomic E-state index is 12.3. The third-order valence-corrected chi connectivity index (χ3v) is 4.81. The molecule has 3 rings (SSSR count). The van der Waals surface area contributed by atoms with Gasteiger partial charge in [-0.1, -0.05) is 24.6 Å². The summed E-state index contributed by atoms with van der Waals surface area (Å²) in [4.78, 5) is 36.2. The minimum Gasteiger partial charge on any atom is -0.376 e. The molecule has 0 saturated carbocycles. The lowest BCUT2D eigenvalue weighted by atomic mass is 10.1. The predicted molar refractivity (Wildman–Crippen MR) is 133 cm³/mol. The fourth-order valence-corrected chi connectivity index (χ4v) is 3.14. The second-order valence-corrected chi connectivity index (χ2v) is 7.68. The highest BCUT2D eigenvalue weighted by molar-refractivity contribution is 6.04. The van der Waals surface area contributed by atoms with Gasteiger partial charge in [0.1, 0.15) is 0 Å². The highest BCUT2D eigenvalue weighted by Gasteiger charge is 2.07. The molecule has 4 N–H and O–H groups in total. The van der Waals surface area contributed by atoms with Crippen molar-refractivity contribution in [3.8, 4) is 0 Å². The SMILES string of the molecule is CCCC(=O)Nc1ccc(NC(=O)CNc2ccc(NC(=O)c3cccc(C)c3)cc2)cc1. The van der Waals surface area contributed by atoms with E-state index in [-0.39, 0.29) is 24.3 Å². The van der Waals surface area contributed by atoms with Gasteiger partial charge in [0, 0.05) is 34.7 Å². The average molecular weight is 445 g/mol. The first-order valence-electron chi connectivity index (χ1n) is 10.8. The standard InChI is InChI=1S/C26H28N4O3/c1-3-5-24(31)28-21-12-14-22(15-13-21)29-25(32)17-27-20-8-10-23(11-9-20)30-26(33)19-7-4-6-18(2)16-19/h4,6-16,27H,3,5,17H2,1-2H3,(H,28,31)(H,29,32)(H,30,33). The Balaban J connectivity index is 1.45. The molecular formula is C26H28N4O3. The van der Waals surface area contributed by atoms with Crippen LogP contribution in [0.3, 0.4) is 0 Å². The maximum Gasteiger partial charge on any atom is 0.255 e. The van der Waals surface area contributed by atoms with Crippen molar-refractivity contribution >= 4 is 40.5 Å². The van der Waals surface area contributed by atoms with Crippen LogP contribution in [0.4, 0.5) is 22.7 Å². The molecule has 3 aromatic rings. The summed E-state index contributed by atoms with van der Waals surface area (Å²) in [5.41, 5.74) is 4.39. The molecule has 0 atom stereocenters. The number of aryl methyl sites for hydroxylation is 1. The van der Waals surface area contributed by atoms with E-state index < -0.39 is 0 Å². The van der Waals surface area contributed by atoms with Crippen LogP contribution in [0, 0.1) is 6.92 Å². The van der Waals surface area contributed by atoms with Crippen molar-refractivity contribution in [3.05, 3.63) is 83.9 Å². The molecule has 0 aliphatic rings. The van der Waals surface area contributed by atoms with Gasteiger partial charge >= 0.3 is 0 Å². The van der Waals surface area contributed by atoms with E-state index in [2.05, 4.69) is 21.3 Å². The van der Waals surface area contributed by atoms with Gasteiger partial charge in [-0.25, -0.2) is 0 Å². The van der Waals surface area contributed by atoms with Crippen LogP contribution < -0.4 is 21.3 Å². The Hall–Kier alpha value is -4.13. The minimum atomic E-state index is -0.199. The van der Waals surface area contributed by atoms with Crippen molar-refractivity contribution in [1.82, 2.24) is 0 Å². The van der Waals surface area contributed by atoms with Gasteiger partial charge in [-0.05, 0) is 74.0 Å². The van der Waals surface area contributed by atoms with Gasteiger partial charge in [0.15, 0.2) is 0 Å². The van der Waals surface area contributed by atoms with Crippen molar-refractivity contribution in [2.24, 2.45) is 0 Å². The molecule has 3 aromatic carbocycles. The molecule has 0 fully saturated rings. The highest BCUT2D eigenvalue weighted by Crippen LogP contribution is 2.16. The van der Waals surface area contributed by atoms with Crippen molar-refractivity contribution in [2.45, 2.75) is 26.7 Å². The topological polar surface area (TPSA) is 99.3 Å². The Bertz CT molecular complexity index is 1110. The second-order valence-electron chi connectivity index (χ2n) is 7.68. The fraction of sp³-hybridized carbons (Fsp3) is 0.192. The van der Waals surface area contributed by atoms with E-state index in [9.17, 15) is 14.4 Å². The molecule has 0 aliphatic carbocycles. The van der Waals surface area contributed by atoms with Gasteiger partial charge in [-0.3, -0.25) is 14.4 Å². The number of nitrogens with one attached hydrogen (secondary N) is 4. The average Bonchev–Trinajstić information content (AvgIpc) is 2.80. The molecule has 0 heterocycles. The van der Waals surface area contributed by atoms with Gasteiger partial charge in [-0.2, -0.15) is 0 Å². The van der Waals surface area contributed by atoms with Gasteiger partial charge in [0.25, 0.3) is 5.91 Å². The molecule has 7 heteroatoms. The third kappa shape index (κ3) is 7.50. The predicted octanol–water partition coefficient (Wildman–Crippen LogP) is 5.04.